The van der Waals surface area contributed by atoms with Crippen molar-refractivity contribution in [3.05, 3.63) is 64.2 Å². The maximum atomic E-state index is 12.7. The van der Waals surface area contributed by atoms with Gasteiger partial charge in [-0.15, -0.1) is 0 Å². The van der Waals surface area contributed by atoms with Gasteiger partial charge in [-0.05, 0) is 61.1 Å². The van der Waals surface area contributed by atoms with E-state index in [0.29, 0.717) is 22.8 Å². The highest BCUT2D eigenvalue weighted by atomic mass is 32.7. The number of hydrogen-bond donors (Lipinski definition) is 1. The van der Waals surface area contributed by atoms with E-state index in [-0.39, 0.29) is 12.3 Å². The minimum atomic E-state index is -3.29. The van der Waals surface area contributed by atoms with Gasteiger partial charge in [0.1, 0.15) is 5.75 Å². The van der Waals surface area contributed by atoms with Crippen molar-refractivity contribution < 1.29 is 23.3 Å². The number of nitrogens with zero attached hydrogens (tertiary/aromatic N) is 1. The summed E-state index contributed by atoms with van der Waals surface area (Å²) >= 11 is 1.15. The number of nitrogens with one attached hydrogen (secondary N) is 1. The molecule has 0 radical (unpaired) electrons. The van der Waals surface area contributed by atoms with Crippen LogP contribution in [0.4, 0.5) is 11.4 Å². The van der Waals surface area contributed by atoms with Crippen molar-refractivity contribution in [2.75, 3.05) is 17.7 Å². The van der Waals surface area contributed by atoms with Gasteiger partial charge in [0.25, 0.3) is 11.6 Å². The number of nitro groups is 1. The second kappa shape index (κ2) is 10.3. The molecule has 2 aromatic rings. The number of benzene rings is 2. The Kier molecular flexibility index (Phi) is 8.04. The van der Waals surface area contributed by atoms with Gasteiger partial charge in [-0.1, -0.05) is 6.92 Å². The van der Waals surface area contributed by atoms with Gasteiger partial charge in [0, 0.05) is 29.1 Å². The fourth-order valence-corrected chi connectivity index (χ4v) is 5.57. The number of amides is 1. The van der Waals surface area contributed by atoms with Gasteiger partial charge in [0.05, 0.1) is 11.5 Å². The van der Waals surface area contributed by atoms with Crippen molar-refractivity contribution >= 4 is 35.5 Å². The first-order valence-electron chi connectivity index (χ1n) is 8.61. The summed E-state index contributed by atoms with van der Waals surface area (Å²) in [5.74, 6) is 0.622. The van der Waals surface area contributed by atoms with Crippen molar-refractivity contribution in [2.45, 2.75) is 20.3 Å². The predicted octanol–water partition coefficient (Wildman–Crippen LogP) is 5.51. The smallest absolute Gasteiger partial charge is 0.417 e. The summed E-state index contributed by atoms with van der Waals surface area (Å²) in [6, 6.07) is 11.7. The topological polar surface area (TPSA) is 108 Å². The molecule has 0 saturated heterocycles. The van der Waals surface area contributed by atoms with Crippen molar-refractivity contribution in [3.8, 4) is 5.75 Å². The summed E-state index contributed by atoms with van der Waals surface area (Å²) in [6.45, 7) is 0.716. The maximum absolute atomic E-state index is 12.7. The van der Waals surface area contributed by atoms with E-state index in [1.54, 1.807) is 31.2 Å². The van der Waals surface area contributed by atoms with Crippen LogP contribution in [-0.4, -0.2) is 23.2 Å². The zero-order valence-electron chi connectivity index (χ0n) is 15.5. The van der Waals surface area contributed by atoms with E-state index < -0.39 is 17.6 Å². The quantitative estimate of drug-likeness (QED) is 0.304. The minimum absolute atomic E-state index is 0.0854. The van der Waals surface area contributed by atoms with Crippen LogP contribution >= 0.6 is 18.2 Å². The molecule has 0 aliphatic rings. The lowest BCUT2D eigenvalue weighted by Crippen LogP contribution is -2.11. The number of hydrogen-bond acceptors (Lipinski definition) is 7. The van der Waals surface area contributed by atoms with Gasteiger partial charge >= 0.3 is 6.80 Å². The molecule has 8 nitrogen and oxygen atoms in total. The monoisotopic (exact) mass is 424 g/mol. The summed E-state index contributed by atoms with van der Waals surface area (Å²) in [5, 5.41) is 13.4. The Morgan fingerprint density at radius 3 is 2.32 bits per heavy atom. The Labute approximate surface area is 167 Å². The molecular weight excluding hydrogens is 403 g/mol. The third kappa shape index (κ3) is 6.37. The van der Waals surface area contributed by atoms with Crippen LogP contribution in [0.5, 0.6) is 5.75 Å². The minimum Gasteiger partial charge on any atom is -0.417 e. The van der Waals surface area contributed by atoms with E-state index in [4.69, 9.17) is 9.05 Å². The molecule has 0 aliphatic carbocycles. The SMILES string of the molecule is CCCSP(=O)(OCC)Oc1ccc(NC(=O)c2ccc([N+](=O)[O-])cc2)cc1. The van der Waals surface area contributed by atoms with Crippen LogP contribution in [0.25, 0.3) is 0 Å². The fourth-order valence-electron chi connectivity index (χ4n) is 2.12. The first kappa shape index (κ1) is 21.9. The lowest BCUT2D eigenvalue weighted by Gasteiger charge is -2.17. The number of carbonyl (C=O) groups is 1. The average molecular weight is 424 g/mol. The van der Waals surface area contributed by atoms with E-state index in [1.165, 1.54) is 24.3 Å². The molecule has 150 valence electrons. The fraction of sp³-hybridized carbons (Fsp3) is 0.278. The molecule has 1 atom stereocenters. The van der Waals surface area contributed by atoms with E-state index in [1.807, 2.05) is 6.92 Å². The van der Waals surface area contributed by atoms with Crippen LogP contribution in [0.3, 0.4) is 0 Å². The normalized spacial score (nSPS) is 12.8. The number of non-ortho nitro benzene ring substituents is 1. The summed E-state index contributed by atoms with van der Waals surface area (Å²) < 4.78 is 23.5. The summed E-state index contributed by atoms with van der Waals surface area (Å²) in [4.78, 5) is 22.4. The third-order valence-corrected chi connectivity index (χ3v) is 7.36. The Hall–Kier alpha value is -2.35. The van der Waals surface area contributed by atoms with E-state index in [9.17, 15) is 19.5 Å². The molecule has 0 spiro atoms. The Morgan fingerprint density at radius 1 is 1.14 bits per heavy atom. The lowest BCUT2D eigenvalue weighted by atomic mass is 10.2. The molecule has 2 aromatic carbocycles. The number of rotatable bonds is 10. The summed E-state index contributed by atoms with van der Waals surface area (Å²) in [6.07, 6.45) is 0.846. The van der Waals surface area contributed by atoms with Crippen LogP contribution in [-0.2, 0) is 9.09 Å². The first-order chi connectivity index (χ1) is 13.4. The highest BCUT2D eigenvalue weighted by Gasteiger charge is 2.26. The highest BCUT2D eigenvalue weighted by Crippen LogP contribution is 2.60. The summed E-state index contributed by atoms with van der Waals surface area (Å²) in [5.41, 5.74) is 0.712. The van der Waals surface area contributed by atoms with E-state index in [0.717, 1.165) is 17.8 Å². The number of anilines is 1. The zero-order valence-corrected chi connectivity index (χ0v) is 17.2. The molecule has 0 saturated carbocycles. The molecule has 0 bridgehead atoms. The first-order valence-corrected chi connectivity index (χ1v) is 11.7. The van der Waals surface area contributed by atoms with Gasteiger partial charge in [-0.2, -0.15) is 0 Å². The molecule has 0 fully saturated rings. The maximum Gasteiger partial charge on any atom is 0.440 e. The van der Waals surface area contributed by atoms with Crippen LogP contribution in [0.15, 0.2) is 48.5 Å². The van der Waals surface area contributed by atoms with Crippen molar-refractivity contribution in [2.24, 2.45) is 0 Å². The molecule has 10 heteroatoms. The van der Waals surface area contributed by atoms with Crippen molar-refractivity contribution in [1.82, 2.24) is 0 Å². The Bertz CT molecular complexity index is 857. The van der Waals surface area contributed by atoms with Gasteiger partial charge in [0.2, 0.25) is 0 Å². The van der Waals surface area contributed by atoms with Crippen LogP contribution in [0.2, 0.25) is 0 Å². The third-order valence-electron chi connectivity index (χ3n) is 3.41. The second-order valence-electron chi connectivity index (χ2n) is 5.57. The number of carbonyl (C=O) groups excluding carboxylic acids is 1. The highest BCUT2D eigenvalue weighted by molar-refractivity contribution is 8.55. The van der Waals surface area contributed by atoms with Crippen LogP contribution in [0.1, 0.15) is 30.6 Å². The van der Waals surface area contributed by atoms with E-state index >= 15 is 0 Å². The second-order valence-corrected chi connectivity index (χ2v) is 9.69. The van der Waals surface area contributed by atoms with E-state index in [2.05, 4.69) is 5.32 Å². The van der Waals surface area contributed by atoms with Crippen LogP contribution in [0, 0.1) is 10.1 Å². The molecule has 1 N–H and O–H groups in total. The Morgan fingerprint density at radius 2 is 1.79 bits per heavy atom. The summed E-state index contributed by atoms with van der Waals surface area (Å²) in [7, 11) is 0. The predicted molar refractivity (Wildman–Crippen MR) is 110 cm³/mol. The number of nitro benzene ring substituents is 1. The molecule has 1 amide bonds. The molecule has 0 aromatic heterocycles. The standard InChI is InChI=1S/C18H21N2O6PS/c1-3-13-28-27(24,25-4-2)26-17-11-7-15(8-12-17)19-18(21)14-5-9-16(10-6-14)20(22)23/h5-12H,3-4,13H2,1-2H3,(H,19,21). The molecule has 28 heavy (non-hydrogen) atoms. The molecule has 0 heterocycles. The van der Waals surface area contributed by atoms with Crippen molar-refractivity contribution in [1.29, 1.82) is 0 Å². The largest absolute Gasteiger partial charge is 0.440 e. The van der Waals surface area contributed by atoms with Gasteiger partial charge in [-0.3, -0.25) is 19.4 Å². The zero-order chi connectivity index (χ0) is 20.6. The van der Waals surface area contributed by atoms with Crippen LogP contribution < -0.4 is 9.84 Å². The van der Waals surface area contributed by atoms with Gasteiger partial charge in [-0.25, -0.2) is 4.57 Å². The average Bonchev–Trinajstić information content (AvgIpc) is 2.68. The lowest BCUT2D eigenvalue weighted by molar-refractivity contribution is -0.384. The molecular formula is C18H21N2O6PS. The van der Waals surface area contributed by atoms with Gasteiger partial charge < -0.3 is 9.84 Å². The molecule has 1 unspecified atom stereocenters. The van der Waals surface area contributed by atoms with Crippen molar-refractivity contribution in [3.63, 3.8) is 0 Å². The Balaban J connectivity index is 2.02. The van der Waals surface area contributed by atoms with Gasteiger partial charge in [0.15, 0.2) is 0 Å². The molecule has 2 rings (SSSR count). The molecule has 0 aliphatic heterocycles.